The molecule has 0 spiro atoms. The van der Waals surface area contributed by atoms with E-state index in [-0.39, 0.29) is 11.3 Å². The molecule has 5 nitrogen and oxygen atoms in total. The first-order chi connectivity index (χ1) is 9.29. The van der Waals surface area contributed by atoms with Gasteiger partial charge < -0.3 is 11.1 Å². The van der Waals surface area contributed by atoms with Crippen LogP contribution in [0.3, 0.4) is 0 Å². The van der Waals surface area contributed by atoms with Gasteiger partial charge in [0.1, 0.15) is 4.88 Å². The Morgan fingerprint density at radius 3 is 2.65 bits per heavy atom. The number of nitrogen functional groups attached to an aromatic ring is 1. The molecule has 0 saturated heterocycles. The van der Waals surface area contributed by atoms with Gasteiger partial charge in [0.25, 0.3) is 5.91 Å². The minimum Gasteiger partial charge on any atom is -0.399 e. The molecule has 1 aromatic heterocycles. The van der Waals surface area contributed by atoms with Crippen LogP contribution in [0.1, 0.15) is 41.7 Å². The molecule has 0 fully saturated rings. The fourth-order valence-corrected chi connectivity index (χ4v) is 2.54. The van der Waals surface area contributed by atoms with Crippen LogP contribution in [0.15, 0.2) is 18.2 Å². The van der Waals surface area contributed by atoms with Crippen molar-refractivity contribution < 1.29 is 4.79 Å². The predicted molar refractivity (Wildman–Crippen MR) is 82.2 cm³/mol. The summed E-state index contributed by atoms with van der Waals surface area (Å²) in [6.45, 7) is 7.93. The molecule has 0 bridgehead atoms. The highest BCUT2D eigenvalue weighted by Gasteiger charge is 2.26. The molecular formula is C14H18N4OS. The van der Waals surface area contributed by atoms with Gasteiger partial charge in [-0.1, -0.05) is 25.3 Å². The zero-order chi connectivity index (χ0) is 14.9. The molecule has 0 aliphatic carbocycles. The van der Waals surface area contributed by atoms with Gasteiger partial charge in [0, 0.05) is 16.8 Å². The standard InChI is InChI=1S/C14H18N4OS/c1-8-7-9(5-6-10(8)15)16-13(19)11-12(14(2,3)4)17-18-20-11/h5-7H,15H2,1-4H3,(H,16,19). The number of anilines is 2. The van der Waals surface area contributed by atoms with E-state index in [0.717, 1.165) is 22.8 Å². The van der Waals surface area contributed by atoms with Crippen LogP contribution in [0.25, 0.3) is 0 Å². The molecule has 0 aliphatic rings. The number of carbonyl (C=O) groups is 1. The number of aryl methyl sites for hydroxylation is 1. The lowest BCUT2D eigenvalue weighted by Gasteiger charge is -2.16. The largest absolute Gasteiger partial charge is 0.399 e. The van der Waals surface area contributed by atoms with Gasteiger partial charge in [-0.3, -0.25) is 4.79 Å². The Morgan fingerprint density at radius 2 is 2.05 bits per heavy atom. The van der Waals surface area contributed by atoms with Crippen molar-refractivity contribution in [3.05, 3.63) is 34.3 Å². The van der Waals surface area contributed by atoms with Crippen molar-refractivity contribution in [2.45, 2.75) is 33.1 Å². The monoisotopic (exact) mass is 290 g/mol. The number of aromatic nitrogens is 2. The summed E-state index contributed by atoms with van der Waals surface area (Å²) in [7, 11) is 0. The third-order valence-electron chi connectivity index (χ3n) is 2.93. The third kappa shape index (κ3) is 2.96. The summed E-state index contributed by atoms with van der Waals surface area (Å²) in [6, 6.07) is 5.41. The smallest absolute Gasteiger partial charge is 0.269 e. The Morgan fingerprint density at radius 1 is 1.35 bits per heavy atom. The maximum absolute atomic E-state index is 12.3. The van der Waals surface area contributed by atoms with Crippen LogP contribution in [0.5, 0.6) is 0 Å². The molecule has 0 saturated carbocycles. The first-order valence-corrected chi connectivity index (χ1v) is 7.06. The topological polar surface area (TPSA) is 80.9 Å². The first-order valence-electron chi connectivity index (χ1n) is 6.29. The number of nitrogens with two attached hydrogens (primary N) is 1. The van der Waals surface area contributed by atoms with E-state index in [0.29, 0.717) is 16.3 Å². The summed E-state index contributed by atoms with van der Waals surface area (Å²) in [5.41, 5.74) is 8.62. The van der Waals surface area contributed by atoms with E-state index in [2.05, 4.69) is 14.9 Å². The SMILES string of the molecule is Cc1cc(NC(=O)c2snnc2C(C)(C)C)ccc1N. The van der Waals surface area contributed by atoms with Crippen molar-refractivity contribution in [1.29, 1.82) is 0 Å². The number of nitrogens with one attached hydrogen (secondary N) is 1. The molecule has 1 heterocycles. The van der Waals surface area contributed by atoms with Crippen LogP contribution >= 0.6 is 11.5 Å². The molecule has 0 aliphatic heterocycles. The molecule has 2 aromatic rings. The summed E-state index contributed by atoms with van der Waals surface area (Å²) in [6.07, 6.45) is 0. The van der Waals surface area contributed by atoms with Gasteiger partial charge in [-0.25, -0.2) is 0 Å². The molecule has 3 N–H and O–H groups in total. The Hall–Kier alpha value is -1.95. The lowest BCUT2D eigenvalue weighted by molar-refractivity contribution is 0.102. The Labute approximate surface area is 122 Å². The van der Waals surface area contributed by atoms with Gasteiger partial charge in [-0.05, 0) is 42.2 Å². The normalized spacial score (nSPS) is 11.4. The fraction of sp³-hybridized carbons (Fsp3) is 0.357. The summed E-state index contributed by atoms with van der Waals surface area (Å²) >= 11 is 1.11. The second-order valence-corrected chi connectivity index (χ2v) is 6.48. The van der Waals surface area contributed by atoms with Crippen LogP contribution in [0, 0.1) is 6.92 Å². The minimum atomic E-state index is -0.212. The average molecular weight is 290 g/mol. The quantitative estimate of drug-likeness (QED) is 0.833. The maximum Gasteiger partial charge on any atom is 0.269 e. The molecule has 20 heavy (non-hydrogen) atoms. The molecular weight excluding hydrogens is 272 g/mol. The first kappa shape index (κ1) is 14.5. The third-order valence-corrected chi connectivity index (χ3v) is 3.66. The summed E-state index contributed by atoms with van der Waals surface area (Å²) < 4.78 is 3.89. The van der Waals surface area contributed by atoms with Crippen LogP contribution < -0.4 is 11.1 Å². The van der Waals surface area contributed by atoms with E-state index in [1.807, 2.05) is 33.8 Å². The van der Waals surface area contributed by atoms with E-state index in [4.69, 9.17) is 5.73 Å². The number of nitrogens with zero attached hydrogens (tertiary/aromatic N) is 2. The lowest BCUT2D eigenvalue weighted by atomic mass is 9.91. The van der Waals surface area contributed by atoms with Gasteiger partial charge in [0.2, 0.25) is 0 Å². The highest BCUT2D eigenvalue weighted by atomic mass is 32.1. The Kier molecular flexibility index (Phi) is 3.76. The van der Waals surface area contributed by atoms with Crippen molar-refractivity contribution in [1.82, 2.24) is 9.59 Å². The van der Waals surface area contributed by atoms with E-state index in [1.54, 1.807) is 12.1 Å². The second kappa shape index (κ2) is 5.20. The number of hydrogen-bond donors (Lipinski definition) is 2. The van der Waals surface area contributed by atoms with Crippen molar-refractivity contribution in [2.75, 3.05) is 11.1 Å². The molecule has 0 radical (unpaired) electrons. The van der Waals surface area contributed by atoms with Crippen LogP contribution in [-0.2, 0) is 5.41 Å². The van der Waals surface area contributed by atoms with E-state index in [1.165, 1.54) is 0 Å². The maximum atomic E-state index is 12.3. The van der Waals surface area contributed by atoms with Crippen molar-refractivity contribution in [3.8, 4) is 0 Å². The van der Waals surface area contributed by atoms with Gasteiger partial charge in [-0.2, -0.15) is 0 Å². The molecule has 6 heteroatoms. The van der Waals surface area contributed by atoms with E-state index in [9.17, 15) is 4.79 Å². The van der Waals surface area contributed by atoms with E-state index >= 15 is 0 Å². The van der Waals surface area contributed by atoms with Crippen LogP contribution in [0.2, 0.25) is 0 Å². The number of carbonyl (C=O) groups excluding carboxylic acids is 1. The molecule has 1 aromatic carbocycles. The van der Waals surface area contributed by atoms with Crippen molar-refractivity contribution in [2.24, 2.45) is 0 Å². The molecule has 0 atom stereocenters. The zero-order valence-corrected chi connectivity index (χ0v) is 12.8. The minimum absolute atomic E-state index is 0.186. The summed E-state index contributed by atoms with van der Waals surface area (Å²) in [4.78, 5) is 12.9. The second-order valence-electron chi connectivity index (χ2n) is 5.73. The van der Waals surface area contributed by atoms with Gasteiger partial charge in [0.15, 0.2) is 0 Å². The van der Waals surface area contributed by atoms with Gasteiger partial charge >= 0.3 is 0 Å². The average Bonchev–Trinajstić information content (AvgIpc) is 2.83. The summed E-state index contributed by atoms with van der Waals surface area (Å²) in [5, 5.41) is 6.93. The molecule has 106 valence electrons. The Bertz CT molecular complexity index is 643. The number of benzene rings is 1. The number of hydrogen-bond acceptors (Lipinski definition) is 5. The lowest BCUT2D eigenvalue weighted by Crippen LogP contribution is -2.19. The van der Waals surface area contributed by atoms with Gasteiger partial charge in [0.05, 0.1) is 5.69 Å². The van der Waals surface area contributed by atoms with Crippen LogP contribution in [0.4, 0.5) is 11.4 Å². The summed E-state index contributed by atoms with van der Waals surface area (Å²) in [5.74, 6) is -0.186. The highest BCUT2D eigenvalue weighted by Crippen LogP contribution is 2.26. The molecule has 2 rings (SSSR count). The van der Waals surface area contributed by atoms with Gasteiger partial charge in [-0.15, -0.1) is 5.10 Å². The van der Waals surface area contributed by atoms with E-state index < -0.39 is 0 Å². The molecule has 1 amide bonds. The predicted octanol–water partition coefficient (Wildman–Crippen LogP) is 2.98. The molecule has 0 unspecified atom stereocenters. The number of rotatable bonds is 2. The highest BCUT2D eigenvalue weighted by molar-refractivity contribution is 7.08. The zero-order valence-electron chi connectivity index (χ0n) is 12.0. The number of amides is 1. The van der Waals surface area contributed by atoms with Crippen molar-refractivity contribution in [3.63, 3.8) is 0 Å². The van der Waals surface area contributed by atoms with Crippen LogP contribution in [-0.4, -0.2) is 15.5 Å². The Balaban J connectivity index is 2.25. The fourth-order valence-electron chi connectivity index (χ4n) is 1.77. The van der Waals surface area contributed by atoms with Crippen molar-refractivity contribution >= 4 is 28.8 Å².